The van der Waals surface area contributed by atoms with E-state index in [4.69, 9.17) is 10.7 Å². The first-order valence-electron chi connectivity index (χ1n) is 12.6. The van der Waals surface area contributed by atoms with Crippen molar-refractivity contribution in [1.82, 2.24) is 10.2 Å². The quantitative estimate of drug-likeness (QED) is 0.487. The molecule has 0 bridgehead atoms. The highest BCUT2D eigenvalue weighted by atomic mass is 16.1. The fraction of sp³-hybridized carbons (Fsp3) is 0.379. The number of nitrogens with zero attached hydrogens (tertiary/aromatic N) is 3. The average molecular weight is 468 g/mol. The minimum atomic E-state index is 0.101. The Labute approximate surface area is 206 Å². The molecule has 2 aliphatic rings. The highest BCUT2D eigenvalue weighted by molar-refractivity contribution is 6.09. The predicted octanol–water partition coefficient (Wildman–Crippen LogP) is 5.63. The van der Waals surface area contributed by atoms with Gasteiger partial charge in [-0.3, -0.25) is 14.9 Å². The predicted molar refractivity (Wildman–Crippen MR) is 141 cm³/mol. The maximum Gasteiger partial charge on any atom is 0.163 e. The Bertz CT molecular complexity index is 1260. The standard InChI is InChI=1S/C29H33N5O/c1-18-19(2)28(30)33-29-25(17-31-34-29)27(18)32-23-13-8-12-22(24-14-7-6-11-21(24)15-23)16-26(35)20-9-4-3-5-10-20/h3-7,9-11,14,17-19,22-23H,8,12-13,15-16H2,1-2H3,(H3,30,31,33,34). The number of hydrogen-bond donors (Lipinski definition) is 2. The van der Waals surface area contributed by atoms with Crippen molar-refractivity contribution in [3.05, 3.63) is 83.0 Å². The van der Waals surface area contributed by atoms with Crippen molar-refractivity contribution in [2.75, 3.05) is 0 Å². The van der Waals surface area contributed by atoms with Gasteiger partial charge in [0.2, 0.25) is 0 Å². The zero-order valence-electron chi connectivity index (χ0n) is 20.4. The molecule has 1 aliphatic heterocycles. The van der Waals surface area contributed by atoms with Crippen LogP contribution in [0, 0.1) is 11.8 Å². The van der Waals surface area contributed by atoms with Crippen LogP contribution in [0.4, 0.5) is 5.82 Å². The smallest absolute Gasteiger partial charge is 0.163 e. The lowest BCUT2D eigenvalue weighted by Gasteiger charge is -2.27. The lowest BCUT2D eigenvalue weighted by molar-refractivity contribution is 0.0971. The van der Waals surface area contributed by atoms with Gasteiger partial charge in [0, 0.05) is 23.8 Å². The van der Waals surface area contributed by atoms with Gasteiger partial charge in [0.25, 0.3) is 0 Å². The van der Waals surface area contributed by atoms with Crippen LogP contribution in [0.15, 0.2) is 70.8 Å². The molecule has 180 valence electrons. The number of aromatic nitrogens is 2. The molecule has 0 fully saturated rings. The van der Waals surface area contributed by atoms with Gasteiger partial charge in [-0.2, -0.15) is 5.10 Å². The molecule has 4 atom stereocenters. The first-order chi connectivity index (χ1) is 17.0. The van der Waals surface area contributed by atoms with Gasteiger partial charge >= 0.3 is 0 Å². The summed E-state index contributed by atoms with van der Waals surface area (Å²) in [5.74, 6) is 2.01. The molecule has 6 heteroatoms. The Morgan fingerprint density at radius 2 is 1.83 bits per heavy atom. The van der Waals surface area contributed by atoms with Crippen LogP contribution < -0.4 is 5.73 Å². The first-order valence-corrected chi connectivity index (χ1v) is 12.6. The molecule has 1 aromatic heterocycles. The van der Waals surface area contributed by atoms with E-state index >= 15 is 0 Å². The number of fused-ring (bicyclic) bond motifs is 2. The second kappa shape index (κ2) is 9.98. The maximum absolute atomic E-state index is 13.0. The molecule has 35 heavy (non-hydrogen) atoms. The maximum atomic E-state index is 13.0. The summed E-state index contributed by atoms with van der Waals surface area (Å²) in [6, 6.07) is 18.4. The van der Waals surface area contributed by atoms with Crippen molar-refractivity contribution in [2.45, 2.75) is 57.9 Å². The van der Waals surface area contributed by atoms with E-state index in [1.54, 1.807) is 0 Å². The summed E-state index contributed by atoms with van der Waals surface area (Å²) < 4.78 is 0. The zero-order chi connectivity index (χ0) is 24.4. The number of benzene rings is 2. The number of hydrogen-bond acceptors (Lipinski definition) is 5. The monoisotopic (exact) mass is 467 g/mol. The molecule has 6 nitrogen and oxygen atoms in total. The number of aromatic amines is 1. The number of rotatable bonds is 4. The first kappa shape index (κ1) is 23.2. The van der Waals surface area contributed by atoms with Crippen molar-refractivity contribution >= 4 is 23.1 Å². The molecule has 0 amide bonds. The molecule has 2 aromatic carbocycles. The summed E-state index contributed by atoms with van der Waals surface area (Å²) in [6.45, 7) is 4.29. The van der Waals surface area contributed by atoms with E-state index in [0.717, 1.165) is 42.5 Å². The van der Waals surface area contributed by atoms with Crippen LogP contribution >= 0.6 is 0 Å². The third-order valence-corrected chi connectivity index (χ3v) is 7.67. The minimum Gasteiger partial charge on any atom is -0.387 e. The summed E-state index contributed by atoms with van der Waals surface area (Å²) in [6.07, 6.45) is 6.23. The molecule has 4 unspecified atom stereocenters. The molecular formula is C29H33N5O. The number of carbonyl (C=O) groups excluding carboxylic acids is 1. The second-order valence-electron chi connectivity index (χ2n) is 9.94. The number of amidine groups is 1. The highest BCUT2D eigenvalue weighted by Gasteiger charge is 2.30. The zero-order valence-corrected chi connectivity index (χ0v) is 20.4. The van der Waals surface area contributed by atoms with E-state index in [1.165, 1.54) is 11.1 Å². The Morgan fingerprint density at radius 1 is 1.06 bits per heavy atom. The van der Waals surface area contributed by atoms with Gasteiger partial charge in [-0.05, 0) is 36.3 Å². The molecule has 3 aromatic rings. The molecule has 3 N–H and O–H groups in total. The Morgan fingerprint density at radius 3 is 2.66 bits per heavy atom. The normalized spacial score (nSPS) is 25.5. The largest absolute Gasteiger partial charge is 0.387 e. The van der Waals surface area contributed by atoms with Crippen LogP contribution in [-0.2, 0) is 6.42 Å². The molecule has 0 radical (unpaired) electrons. The van der Waals surface area contributed by atoms with Crippen molar-refractivity contribution in [3.8, 4) is 0 Å². The average Bonchev–Trinajstić information content (AvgIpc) is 3.29. The molecule has 0 saturated carbocycles. The Hall–Kier alpha value is -3.54. The summed E-state index contributed by atoms with van der Waals surface area (Å²) in [5.41, 5.74) is 11.6. The van der Waals surface area contributed by atoms with Gasteiger partial charge in [0.1, 0.15) is 5.84 Å². The van der Waals surface area contributed by atoms with Crippen LogP contribution in [-0.4, -0.2) is 33.6 Å². The molecule has 0 spiro atoms. The van der Waals surface area contributed by atoms with Gasteiger partial charge in [0.15, 0.2) is 11.6 Å². The fourth-order valence-corrected chi connectivity index (χ4v) is 5.42. The van der Waals surface area contributed by atoms with Crippen molar-refractivity contribution in [2.24, 2.45) is 27.6 Å². The van der Waals surface area contributed by atoms with E-state index in [-0.39, 0.29) is 29.6 Å². The number of Topliss-reactive ketones (excluding diaryl/α,β-unsaturated/α-hetero) is 1. The van der Waals surface area contributed by atoms with E-state index in [1.807, 2.05) is 36.5 Å². The number of nitrogens with two attached hydrogens (primary N) is 1. The lowest BCUT2D eigenvalue weighted by atomic mass is 9.80. The molecule has 1 aliphatic carbocycles. The van der Waals surface area contributed by atoms with Gasteiger partial charge in [0.05, 0.1) is 23.5 Å². The molecular weight excluding hydrogens is 434 g/mol. The van der Waals surface area contributed by atoms with Crippen LogP contribution in [0.2, 0.25) is 0 Å². The molecule has 2 heterocycles. The highest BCUT2D eigenvalue weighted by Crippen LogP contribution is 2.35. The minimum absolute atomic E-state index is 0.101. The van der Waals surface area contributed by atoms with Crippen LogP contribution in [0.3, 0.4) is 0 Å². The Balaban J connectivity index is 1.43. The van der Waals surface area contributed by atoms with Gasteiger partial charge in [-0.15, -0.1) is 0 Å². The summed E-state index contributed by atoms with van der Waals surface area (Å²) in [7, 11) is 0. The van der Waals surface area contributed by atoms with E-state index in [2.05, 4.69) is 53.3 Å². The number of ketones is 1. The van der Waals surface area contributed by atoms with Gasteiger partial charge < -0.3 is 5.73 Å². The Kier molecular flexibility index (Phi) is 6.62. The summed E-state index contributed by atoms with van der Waals surface area (Å²) in [4.78, 5) is 22.9. The third-order valence-electron chi connectivity index (χ3n) is 7.67. The fourth-order valence-electron chi connectivity index (χ4n) is 5.42. The van der Waals surface area contributed by atoms with Crippen LogP contribution in [0.25, 0.3) is 0 Å². The van der Waals surface area contributed by atoms with Crippen molar-refractivity contribution in [3.63, 3.8) is 0 Å². The van der Waals surface area contributed by atoms with Crippen LogP contribution in [0.5, 0.6) is 0 Å². The number of carbonyl (C=O) groups is 1. The number of aliphatic imine (C=N–C) groups is 2. The van der Waals surface area contributed by atoms with Crippen LogP contribution in [0.1, 0.15) is 72.5 Å². The molecule has 5 rings (SSSR count). The van der Waals surface area contributed by atoms with E-state index in [9.17, 15) is 4.79 Å². The van der Waals surface area contributed by atoms with Gasteiger partial charge in [-0.1, -0.05) is 74.9 Å². The molecule has 0 saturated heterocycles. The number of H-pyrrole nitrogens is 1. The third kappa shape index (κ3) is 4.83. The summed E-state index contributed by atoms with van der Waals surface area (Å²) >= 11 is 0. The number of nitrogens with one attached hydrogen (secondary N) is 1. The van der Waals surface area contributed by atoms with Crippen molar-refractivity contribution in [1.29, 1.82) is 0 Å². The van der Waals surface area contributed by atoms with E-state index < -0.39 is 0 Å². The van der Waals surface area contributed by atoms with Gasteiger partial charge in [-0.25, -0.2) is 4.99 Å². The van der Waals surface area contributed by atoms with Crippen molar-refractivity contribution < 1.29 is 4.79 Å². The SMILES string of the molecule is CC1C(N)=Nc2[nH]ncc2C(=NC2CCCC(CC(=O)c3ccccc3)c3ccccc3C2)C1C. The lowest BCUT2D eigenvalue weighted by Crippen LogP contribution is -2.30. The summed E-state index contributed by atoms with van der Waals surface area (Å²) in [5, 5.41) is 7.20. The second-order valence-corrected chi connectivity index (χ2v) is 9.94. The van der Waals surface area contributed by atoms with E-state index in [0.29, 0.717) is 18.1 Å². The topological polar surface area (TPSA) is 96.5 Å².